The van der Waals surface area contributed by atoms with E-state index in [0.717, 1.165) is 32.2 Å². The predicted octanol–water partition coefficient (Wildman–Crippen LogP) is 5.06. The second-order valence-electron chi connectivity index (χ2n) is 7.13. The fraction of sp³-hybridized carbons (Fsp3) is 0.333. The van der Waals surface area contributed by atoms with Crippen LogP contribution >= 0.6 is 11.3 Å². The zero-order valence-corrected chi connectivity index (χ0v) is 20.0. The SMILES string of the molecule is CC.CCOCc1cnc(C)nc1Oc1ccc2c(ccc3sc4c(c32)NCCNC4=O)n1. The van der Waals surface area contributed by atoms with Gasteiger partial charge in [-0.1, -0.05) is 13.8 Å². The minimum absolute atomic E-state index is 0.0387. The van der Waals surface area contributed by atoms with Gasteiger partial charge in [0.25, 0.3) is 5.91 Å². The highest BCUT2D eigenvalue weighted by molar-refractivity contribution is 7.21. The molecular formula is C24H27N5O3S. The first-order chi connectivity index (χ1) is 16.1. The fourth-order valence-corrected chi connectivity index (χ4v) is 4.70. The van der Waals surface area contributed by atoms with Crippen molar-refractivity contribution in [2.24, 2.45) is 0 Å². The van der Waals surface area contributed by atoms with Gasteiger partial charge in [0.1, 0.15) is 10.7 Å². The van der Waals surface area contributed by atoms with Crippen molar-refractivity contribution in [2.45, 2.75) is 34.3 Å². The molecular weight excluding hydrogens is 438 g/mol. The number of aromatic nitrogens is 3. The lowest BCUT2D eigenvalue weighted by molar-refractivity contribution is 0.0962. The van der Waals surface area contributed by atoms with Gasteiger partial charge >= 0.3 is 0 Å². The molecule has 33 heavy (non-hydrogen) atoms. The third-order valence-corrected chi connectivity index (χ3v) is 6.18. The van der Waals surface area contributed by atoms with Crippen LogP contribution in [0.25, 0.3) is 21.0 Å². The van der Waals surface area contributed by atoms with Crippen LogP contribution in [0.15, 0.2) is 30.5 Å². The number of amides is 1. The number of anilines is 1. The third-order valence-electron chi connectivity index (χ3n) is 5.02. The summed E-state index contributed by atoms with van der Waals surface area (Å²) in [4.78, 5) is 26.5. The molecule has 0 spiro atoms. The van der Waals surface area contributed by atoms with Crippen LogP contribution in [-0.2, 0) is 11.3 Å². The Morgan fingerprint density at radius 1 is 1.09 bits per heavy atom. The second kappa shape index (κ2) is 10.1. The summed E-state index contributed by atoms with van der Waals surface area (Å²) in [5, 5.41) is 8.30. The van der Waals surface area contributed by atoms with Gasteiger partial charge in [0, 0.05) is 47.4 Å². The average molecular weight is 466 g/mol. The average Bonchev–Trinajstić information content (AvgIpc) is 3.12. The van der Waals surface area contributed by atoms with Gasteiger partial charge in [-0.15, -0.1) is 11.3 Å². The van der Waals surface area contributed by atoms with Crippen LogP contribution < -0.4 is 15.4 Å². The van der Waals surface area contributed by atoms with E-state index in [-0.39, 0.29) is 5.91 Å². The summed E-state index contributed by atoms with van der Waals surface area (Å²) >= 11 is 1.49. The molecule has 0 radical (unpaired) electrons. The Labute approximate surface area is 196 Å². The quantitative estimate of drug-likeness (QED) is 0.425. The van der Waals surface area contributed by atoms with E-state index in [1.54, 1.807) is 6.20 Å². The van der Waals surface area contributed by atoms with Crippen molar-refractivity contribution in [3.8, 4) is 11.8 Å². The number of nitrogens with zero attached hydrogens (tertiary/aromatic N) is 3. The number of ether oxygens (including phenoxy) is 2. The van der Waals surface area contributed by atoms with Crippen LogP contribution in [0.5, 0.6) is 11.8 Å². The van der Waals surface area contributed by atoms with Crippen molar-refractivity contribution in [1.29, 1.82) is 0 Å². The summed E-state index contributed by atoms with van der Waals surface area (Å²) in [6.45, 7) is 10.00. The van der Waals surface area contributed by atoms with Gasteiger partial charge in [0.2, 0.25) is 11.8 Å². The highest BCUT2D eigenvalue weighted by Gasteiger charge is 2.22. The smallest absolute Gasteiger partial charge is 0.263 e. The number of fused-ring (bicyclic) bond motifs is 5. The molecule has 0 atom stereocenters. The van der Waals surface area contributed by atoms with Gasteiger partial charge in [0.15, 0.2) is 0 Å². The van der Waals surface area contributed by atoms with Gasteiger partial charge in [-0.25, -0.2) is 9.97 Å². The number of carbonyl (C=O) groups excluding carboxylic acids is 1. The summed E-state index contributed by atoms with van der Waals surface area (Å²) < 4.78 is 12.6. The minimum Gasteiger partial charge on any atom is -0.420 e. The monoisotopic (exact) mass is 465 g/mol. The fourth-order valence-electron chi connectivity index (χ4n) is 3.58. The molecule has 172 valence electrons. The summed E-state index contributed by atoms with van der Waals surface area (Å²) in [5.41, 5.74) is 2.43. The van der Waals surface area contributed by atoms with E-state index >= 15 is 0 Å². The van der Waals surface area contributed by atoms with Crippen molar-refractivity contribution >= 4 is 43.9 Å². The van der Waals surface area contributed by atoms with E-state index in [1.165, 1.54) is 11.3 Å². The van der Waals surface area contributed by atoms with Gasteiger partial charge < -0.3 is 20.1 Å². The molecule has 1 aliphatic rings. The lowest BCUT2D eigenvalue weighted by Crippen LogP contribution is -2.24. The van der Waals surface area contributed by atoms with Crippen LogP contribution in [0.1, 0.15) is 41.8 Å². The van der Waals surface area contributed by atoms with Crippen molar-refractivity contribution in [2.75, 3.05) is 25.0 Å². The molecule has 1 aromatic carbocycles. The Balaban J connectivity index is 0.00000126. The lowest BCUT2D eigenvalue weighted by Gasteiger charge is -2.11. The number of benzene rings is 1. The number of pyridine rings is 1. The highest BCUT2D eigenvalue weighted by Crippen LogP contribution is 2.41. The molecule has 8 nitrogen and oxygen atoms in total. The highest BCUT2D eigenvalue weighted by atomic mass is 32.1. The molecule has 0 aliphatic carbocycles. The Kier molecular flexibility index (Phi) is 7.00. The molecule has 5 rings (SSSR count). The topological polar surface area (TPSA) is 98.3 Å². The van der Waals surface area contributed by atoms with Crippen LogP contribution in [0.4, 0.5) is 5.69 Å². The van der Waals surface area contributed by atoms with Gasteiger partial charge in [-0.3, -0.25) is 4.79 Å². The third kappa shape index (κ3) is 4.60. The first kappa shape index (κ1) is 22.9. The zero-order valence-electron chi connectivity index (χ0n) is 19.2. The molecule has 1 aliphatic heterocycles. The number of rotatable bonds is 5. The van der Waals surface area contributed by atoms with Crippen molar-refractivity contribution < 1.29 is 14.3 Å². The summed E-state index contributed by atoms with van der Waals surface area (Å²) in [6.07, 6.45) is 1.72. The molecule has 0 saturated heterocycles. The summed E-state index contributed by atoms with van der Waals surface area (Å²) in [5.74, 6) is 1.46. The maximum atomic E-state index is 12.4. The summed E-state index contributed by atoms with van der Waals surface area (Å²) in [7, 11) is 0. The molecule has 0 saturated carbocycles. The Bertz CT molecular complexity index is 1300. The second-order valence-corrected chi connectivity index (χ2v) is 8.18. The molecule has 4 aromatic rings. The van der Waals surface area contributed by atoms with E-state index in [2.05, 4.69) is 20.6 Å². The van der Waals surface area contributed by atoms with E-state index in [4.69, 9.17) is 14.5 Å². The van der Waals surface area contributed by atoms with Crippen LogP contribution in [0.2, 0.25) is 0 Å². The maximum Gasteiger partial charge on any atom is 0.263 e. The van der Waals surface area contributed by atoms with E-state index in [1.807, 2.05) is 52.0 Å². The van der Waals surface area contributed by atoms with E-state index in [0.29, 0.717) is 48.8 Å². The number of thiophene rings is 1. The largest absolute Gasteiger partial charge is 0.420 e. The molecule has 9 heteroatoms. The standard InChI is InChI=1S/C22H21N5O3S.C2H6/c1-3-29-11-13-10-25-12(2)26-22(13)30-17-7-4-14-15(27-17)5-6-16-18(14)19-20(31-16)21(28)24-9-8-23-19;1-2/h4-7,10,23H,3,8-9,11H2,1-2H3,(H,24,28);1-2H3. The van der Waals surface area contributed by atoms with Crippen LogP contribution in [0, 0.1) is 6.92 Å². The van der Waals surface area contributed by atoms with Crippen molar-refractivity contribution in [1.82, 2.24) is 20.3 Å². The molecule has 0 fully saturated rings. The number of hydrogen-bond donors (Lipinski definition) is 2. The van der Waals surface area contributed by atoms with E-state index in [9.17, 15) is 4.79 Å². The van der Waals surface area contributed by atoms with Crippen LogP contribution in [-0.4, -0.2) is 40.6 Å². The first-order valence-electron chi connectivity index (χ1n) is 11.1. The molecule has 0 bridgehead atoms. The van der Waals surface area contributed by atoms with Crippen molar-refractivity contribution in [3.63, 3.8) is 0 Å². The Morgan fingerprint density at radius 3 is 2.73 bits per heavy atom. The normalized spacial score (nSPS) is 12.9. The maximum absolute atomic E-state index is 12.4. The van der Waals surface area contributed by atoms with E-state index < -0.39 is 0 Å². The van der Waals surface area contributed by atoms with Gasteiger partial charge in [0.05, 0.1) is 23.4 Å². The minimum atomic E-state index is -0.0387. The number of nitrogens with one attached hydrogen (secondary N) is 2. The Morgan fingerprint density at radius 2 is 1.91 bits per heavy atom. The number of hydrogen-bond acceptors (Lipinski definition) is 8. The molecule has 0 unspecified atom stereocenters. The molecule has 4 heterocycles. The first-order valence-corrected chi connectivity index (χ1v) is 11.9. The van der Waals surface area contributed by atoms with Crippen LogP contribution in [0.3, 0.4) is 0 Å². The van der Waals surface area contributed by atoms with Gasteiger partial charge in [-0.05, 0) is 32.0 Å². The van der Waals surface area contributed by atoms with Crippen molar-refractivity contribution in [3.05, 3.63) is 46.7 Å². The van der Waals surface area contributed by atoms with Gasteiger partial charge in [-0.2, -0.15) is 4.98 Å². The Hall–Kier alpha value is -3.30. The lowest BCUT2D eigenvalue weighted by atomic mass is 10.1. The number of carbonyl (C=O) groups is 1. The predicted molar refractivity (Wildman–Crippen MR) is 131 cm³/mol. The zero-order chi connectivity index (χ0) is 23.4. The summed E-state index contributed by atoms with van der Waals surface area (Å²) in [6, 6.07) is 7.75. The molecule has 3 aromatic heterocycles. The molecule has 1 amide bonds. The number of aryl methyl sites for hydroxylation is 1. The molecule has 2 N–H and O–H groups in total.